The van der Waals surface area contributed by atoms with Gasteiger partial charge < -0.3 is 19.9 Å². The van der Waals surface area contributed by atoms with Crippen LogP contribution in [0.2, 0.25) is 5.02 Å². The van der Waals surface area contributed by atoms with E-state index in [1.165, 1.54) is 0 Å². The molecule has 1 amide bonds. The van der Waals surface area contributed by atoms with Gasteiger partial charge in [-0.15, -0.1) is 0 Å². The minimum atomic E-state index is -0.0873. The smallest absolute Gasteiger partial charge is 0.233 e. The molecule has 0 bridgehead atoms. The molecule has 0 aliphatic carbocycles. The van der Waals surface area contributed by atoms with Gasteiger partial charge in [-0.1, -0.05) is 28.9 Å². The van der Waals surface area contributed by atoms with Crippen molar-refractivity contribution in [2.24, 2.45) is 0 Å². The predicted octanol–water partition coefficient (Wildman–Crippen LogP) is 1.28. The van der Waals surface area contributed by atoms with Crippen LogP contribution >= 0.6 is 11.6 Å². The van der Waals surface area contributed by atoms with Crippen LogP contribution in [0.1, 0.15) is 5.89 Å². The zero-order valence-electron chi connectivity index (χ0n) is 12.8. The molecule has 0 fully saturated rings. The zero-order chi connectivity index (χ0) is 16.5. The second-order valence-electron chi connectivity index (χ2n) is 4.79. The normalized spacial score (nSPS) is 10.7. The van der Waals surface area contributed by atoms with Crippen LogP contribution < -0.4 is 10.6 Å². The van der Waals surface area contributed by atoms with Gasteiger partial charge in [-0.3, -0.25) is 4.79 Å². The van der Waals surface area contributed by atoms with E-state index in [1.54, 1.807) is 19.2 Å². The molecule has 1 aromatic heterocycles. The van der Waals surface area contributed by atoms with E-state index < -0.39 is 0 Å². The van der Waals surface area contributed by atoms with Crippen LogP contribution in [-0.2, 0) is 16.0 Å². The van der Waals surface area contributed by atoms with Crippen LogP contribution in [0, 0.1) is 0 Å². The summed E-state index contributed by atoms with van der Waals surface area (Å²) in [5.41, 5.74) is 0.791. The van der Waals surface area contributed by atoms with Gasteiger partial charge >= 0.3 is 0 Å². The number of nitrogens with zero attached hydrogens (tertiary/aromatic N) is 2. The molecular weight excluding hydrogens is 320 g/mol. The fourth-order valence-electron chi connectivity index (χ4n) is 1.85. The quantitative estimate of drug-likeness (QED) is 0.670. The predicted molar refractivity (Wildman–Crippen MR) is 86.2 cm³/mol. The summed E-state index contributed by atoms with van der Waals surface area (Å²) >= 11 is 5.93. The van der Waals surface area contributed by atoms with E-state index in [0.29, 0.717) is 42.9 Å². The average molecular weight is 339 g/mol. The highest BCUT2D eigenvalue weighted by molar-refractivity contribution is 6.30. The van der Waals surface area contributed by atoms with Gasteiger partial charge in [0.2, 0.25) is 17.6 Å². The molecule has 1 aromatic carbocycles. The number of carbonyl (C=O) groups excluding carboxylic acids is 1. The number of carbonyl (C=O) groups is 1. The highest BCUT2D eigenvalue weighted by Crippen LogP contribution is 2.19. The standard InChI is InChI=1S/C15H19ClN4O3/c1-22-8-7-17-10-13(21)18-6-5-14-19-15(20-23-14)11-3-2-4-12(16)9-11/h2-4,9,17H,5-8,10H2,1H3,(H,18,21). The molecule has 0 aliphatic rings. The van der Waals surface area contributed by atoms with Gasteiger partial charge in [0.1, 0.15) is 0 Å². The van der Waals surface area contributed by atoms with Crippen molar-refractivity contribution < 1.29 is 14.1 Å². The largest absolute Gasteiger partial charge is 0.383 e. The maximum absolute atomic E-state index is 11.6. The lowest BCUT2D eigenvalue weighted by Gasteiger charge is -2.04. The van der Waals surface area contributed by atoms with Crippen LogP contribution in [0.4, 0.5) is 0 Å². The Morgan fingerprint density at radius 2 is 2.26 bits per heavy atom. The van der Waals surface area contributed by atoms with E-state index >= 15 is 0 Å². The molecule has 0 spiro atoms. The number of hydrogen-bond donors (Lipinski definition) is 2. The first-order valence-corrected chi connectivity index (χ1v) is 7.61. The van der Waals surface area contributed by atoms with Crippen LogP contribution in [0.15, 0.2) is 28.8 Å². The Kier molecular flexibility index (Phi) is 6.99. The number of aromatic nitrogens is 2. The molecule has 0 radical (unpaired) electrons. The number of methoxy groups -OCH3 is 1. The van der Waals surface area contributed by atoms with Crippen molar-refractivity contribution in [2.75, 3.05) is 33.4 Å². The first kappa shape index (κ1) is 17.4. The Morgan fingerprint density at radius 1 is 1.39 bits per heavy atom. The Hall–Kier alpha value is -1.96. The molecule has 0 saturated carbocycles. The monoisotopic (exact) mass is 338 g/mol. The number of benzene rings is 1. The van der Waals surface area contributed by atoms with Crippen molar-refractivity contribution in [1.29, 1.82) is 0 Å². The van der Waals surface area contributed by atoms with Gasteiger partial charge in [0.25, 0.3) is 0 Å². The Bertz CT molecular complexity index is 633. The van der Waals surface area contributed by atoms with Crippen molar-refractivity contribution in [3.05, 3.63) is 35.2 Å². The van der Waals surface area contributed by atoms with Crippen molar-refractivity contribution in [2.45, 2.75) is 6.42 Å². The lowest BCUT2D eigenvalue weighted by atomic mass is 10.2. The van der Waals surface area contributed by atoms with Crippen LogP contribution in [0.3, 0.4) is 0 Å². The number of rotatable bonds is 9. The molecule has 0 unspecified atom stereocenters. The summed E-state index contributed by atoms with van der Waals surface area (Å²) in [7, 11) is 1.61. The Morgan fingerprint density at radius 3 is 3.04 bits per heavy atom. The fraction of sp³-hybridized carbons (Fsp3) is 0.400. The highest BCUT2D eigenvalue weighted by atomic mass is 35.5. The van der Waals surface area contributed by atoms with E-state index in [9.17, 15) is 4.79 Å². The molecule has 0 atom stereocenters. The fourth-order valence-corrected chi connectivity index (χ4v) is 2.04. The number of amides is 1. The van der Waals surface area contributed by atoms with Gasteiger partial charge in [0.05, 0.1) is 13.2 Å². The molecule has 0 aliphatic heterocycles. The third-order valence-corrected chi connectivity index (χ3v) is 3.22. The average Bonchev–Trinajstić information content (AvgIpc) is 3.00. The summed E-state index contributed by atoms with van der Waals surface area (Å²) in [5, 5.41) is 10.3. The first-order valence-electron chi connectivity index (χ1n) is 7.24. The third kappa shape index (κ3) is 5.97. The van der Waals surface area contributed by atoms with Crippen LogP contribution in [-0.4, -0.2) is 49.4 Å². The minimum Gasteiger partial charge on any atom is -0.383 e. The zero-order valence-corrected chi connectivity index (χ0v) is 13.6. The summed E-state index contributed by atoms with van der Waals surface area (Å²) in [6.07, 6.45) is 0.470. The number of nitrogens with one attached hydrogen (secondary N) is 2. The van der Waals surface area contributed by atoms with Gasteiger partial charge in [0.15, 0.2) is 0 Å². The van der Waals surface area contributed by atoms with E-state index in [0.717, 1.165) is 5.56 Å². The van der Waals surface area contributed by atoms with Crippen molar-refractivity contribution in [3.63, 3.8) is 0 Å². The summed E-state index contributed by atoms with van der Waals surface area (Å²) in [4.78, 5) is 15.8. The van der Waals surface area contributed by atoms with Crippen LogP contribution in [0.25, 0.3) is 11.4 Å². The lowest BCUT2D eigenvalue weighted by Crippen LogP contribution is -2.36. The van der Waals surface area contributed by atoms with Gasteiger partial charge in [-0.2, -0.15) is 4.98 Å². The summed E-state index contributed by atoms with van der Waals surface area (Å²) < 4.78 is 10.0. The summed E-state index contributed by atoms with van der Waals surface area (Å²) in [6, 6.07) is 7.23. The van der Waals surface area contributed by atoms with E-state index in [-0.39, 0.29) is 12.5 Å². The lowest BCUT2D eigenvalue weighted by molar-refractivity contribution is -0.120. The van der Waals surface area contributed by atoms with E-state index in [4.69, 9.17) is 20.9 Å². The second kappa shape index (κ2) is 9.24. The molecule has 2 aromatic rings. The van der Waals surface area contributed by atoms with Crippen molar-refractivity contribution >= 4 is 17.5 Å². The molecule has 1 heterocycles. The maximum atomic E-state index is 11.6. The molecule has 2 N–H and O–H groups in total. The first-order chi connectivity index (χ1) is 11.2. The van der Waals surface area contributed by atoms with Gasteiger partial charge in [-0.05, 0) is 12.1 Å². The molecule has 23 heavy (non-hydrogen) atoms. The summed E-state index contributed by atoms with van der Waals surface area (Å²) in [5.74, 6) is 0.860. The molecule has 2 rings (SSSR count). The highest BCUT2D eigenvalue weighted by Gasteiger charge is 2.09. The van der Waals surface area contributed by atoms with Crippen molar-refractivity contribution in [3.8, 4) is 11.4 Å². The van der Waals surface area contributed by atoms with Gasteiger partial charge in [-0.25, -0.2) is 0 Å². The SMILES string of the molecule is COCCNCC(=O)NCCc1nc(-c2cccc(Cl)c2)no1. The minimum absolute atomic E-state index is 0.0873. The Labute approximate surface area is 139 Å². The Balaban J connectivity index is 1.74. The molecule has 8 heteroatoms. The molecular formula is C15H19ClN4O3. The van der Waals surface area contributed by atoms with E-state index in [2.05, 4.69) is 20.8 Å². The molecule has 124 valence electrons. The topological polar surface area (TPSA) is 89.3 Å². The second-order valence-corrected chi connectivity index (χ2v) is 5.23. The van der Waals surface area contributed by atoms with Crippen molar-refractivity contribution in [1.82, 2.24) is 20.8 Å². The third-order valence-electron chi connectivity index (χ3n) is 2.98. The molecule has 0 saturated heterocycles. The summed E-state index contributed by atoms with van der Waals surface area (Å²) in [6.45, 7) is 1.89. The number of hydrogen-bond acceptors (Lipinski definition) is 6. The molecule has 7 nitrogen and oxygen atoms in total. The number of halogens is 1. The van der Waals surface area contributed by atoms with Crippen LogP contribution in [0.5, 0.6) is 0 Å². The maximum Gasteiger partial charge on any atom is 0.233 e. The number of ether oxygens (including phenoxy) is 1. The van der Waals surface area contributed by atoms with Gasteiger partial charge in [0, 0.05) is 37.2 Å². The van der Waals surface area contributed by atoms with E-state index in [1.807, 2.05) is 12.1 Å².